The fourth-order valence-electron chi connectivity index (χ4n) is 3.51. The number of carbonyl (C=O) groups is 1. The Labute approximate surface area is 109 Å². The fraction of sp³-hybridized carbons (Fsp3) is 0.929. The van der Waals surface area contributed by atoms with Crippen molar-refractivity contribution in [1.82, 2.24) is 4.90 Å². The van der Waals surface area contributed by atoms with E-state index in [-0.39, 0.29) is 0 Å². The van der Waals surface area contributed by atoms with Crippen LogP contribution in [-0.4, -0.2) is 47.8 Å². The number of likely N-dealkylation sites (tertiary alicyclic amines) is 1. The average molecular weight is 255 g/mol. The van der Waals surface area contributed by atoms with Gasteiger partial charge in [-0.1, -0.05) is 13.3 Å². The summed E-state index contributed by atoms with van der Waals surface area (Å²) in [5.41, 5.74) is -0.931. The molecule has 1 N–H and O–H groups in total. The lowest BCUT2D eigenvalue weighted by molar-refractivity contribution is -0.168. The van der Waals surface area contributed by atoms with Crippen molar-refractivity contribution in [1.29, 1.82) is 0 Å². The van der Waals surface area contributed by atoms with E-state index in [1.165, 1.54) is 32.8 Å². The molecule has 2 rings (SSSR count). The zero-order valence-electron chi connectivity index (χ0n) is 11.5. The third-order valence-electron chi connectivity index (χ3n) is 4.99. The molecule has 0 radical (unpaired) electrons. The molecule has 0 amide bonds. The number of piperidine rings is 1. The summed E-state index contributed by atoms with van der Waals surface area (Å²) in [4.78, 5) is 13.8. The van der Waals surface area contributed by atoms with Crippen molar-refractivity contribution in [2.45, 2.75) is 57.1 Å². The van der Waals surface area contributed by atoms with Gasteiger partial charge in [-0.3, -0.25) is 0 Å². The van der Waals surface area contributed by atoms with Crippen molar-refractivity contribution in [3.63, 3.8) is 0 Å². The van der Waals surface area contributed by atoms with E-state index in [9.17, 15) is 9.90 Å². The first-order valence-electron chi connectivity index (χ1n) is 7.14. The standard InChI is InChI=1S/C14H25NO3/c1-3-11-4-5-12(10-11)15-8-6-14(18-2,7-9-15)13(16)17/h11-12H,3-10H2,1-2H3,(H,16,17). The van der Waals surface area contributed by atoms with Gasteiger partial charge in [-0.15, -0.1) is 0 Å². The van der Waals surface area contributed by atoms with E-state index < -0.39 is 11.6 Å². The van der Waals surface area contributed by atoms with Crippen LogP contribution in [0.15, 0.2) is 0 Å². The molecule has 104 valence electrons. The molecule has 0 aromatic heterocycles. The lowest BCUT2D eigenvalue weighted by Crippen LogP contribution is -2.52. The molecule has 4 heteroatoms. The van der Waals surface area contributed by atoms with Crippen molar-refractivity contribution in [2.75, 3.05) is 20.2 Å². The molecule has 2 fully saturated rings. The smallest absolute Gasteiger partial charge is 0.336 e. The van der Waals surface area contributed by atoms with E-state index in [4.69, 9.17) is 4.74 Å². The number of ether oxygens (including phenoxy) is 1. The van der Waals surface area contributed by atoms with Gasteiger partial charge < -0.3 is 14.7 Å². The van der Waals surface area contributed by atoms with Crippen LogP contribution in [0.3, 0.4) is 0 Å². The van der Waals surface area contributed by atoms with Crippen LogP contribution < -0.4 is 0 Å². The molecular weight excluding hydrogens is 230 g/mol. The van der Waals surface area contributed by atoms with Crippen molar-refractivity contribution in [3.05, 3.63) is 0 Å². The maximum absolute atomic E-state index is 11.3. The topological polar surface area (TPSA) is 49.8 Å². The third-order valence-corrected chi connectivity index (χ3v) is 4.99. The molecule has 2 unspecified atom stereocenters. The van der Waals surface area contributed by atoms with E-state index in [0.29, 0.717) is 18.9 Å². The maximum Gasteiger partial charge on any atom is 0.336 e. The Morgan fingerprint density at radius 1 is 1.39 bits per heavy atom. The van der Waals surface area contributed by atoms with Crippen LogP contribution >= 0.6 is 0 Å². The van der Waals surface area contributed by atoms with Gasteiger partial charge in [-0.25, -0.2) is 4.79 Å². The van der Waals surface area contributed by atoms with Crippen molar-refractivity contribution in [3.8, 4) is 0 Å². The Morgan fingerprint density at radius 3 is 2.50 bits per heavy atom. The van der Waals surface area contributed by atoms with Crippen LogP contribution in [0.1, 0.15) is 45.4 Å². The van der Waals surface area contributed by atoms with Crippen LogP contribution in [0, 0.1) is 5.92 Å². The molecule has 1 saturated carbocycles. The minimum absolute atomic E-state index is 0.617. The predicted molar refractivity (Wildman–Crippen MR) is 69.6 cm³/mol. The number of nitrogens with zero attached hydrogens (tertiary/aromatic N) is 1. The summed E-state index contributed by atoms with van der Waals surface area (Å²) in [5, 5.41) is 9.28. The lowest BCUT2D eigenvalue weighted by Gasteiger charge is -2.40. The Morgan fingerprint density at radius 2 is 2.06 bits per heavy atom. The van der Waals surface area contributed by atoms with Crippen LogP contribution in [0.2, 0.25) is 0 Å². The average Bonchev–Trinajstić information content (AvgIpc) is 2.87. The second-order valence-electron chi connectivity index (χ2n) is 5.78. The number of hydrogen-bond acceptors (Lipinski definition) is 3. The van der Waals surface area contributed by atoms with Gasteiger partial charge in [0.05, 0.1) is 0 Å². The molecule has 18 heavy (non-hydrogen) atoms. The first kappa shape index (κ1) is 13.8. The first-order chi connectivity index (χ1) is 8.61. The highest BCUT2D eigenvalue weighted by atomic mass is 16.5. The number of methoxy groups -OCH3 is 1. The molecule has 0 aromatic carbocycles. The summed E-state index contributed by atoms with van der Waals surface area (Å²) in [6, 6.07) is 0.679. The summed E-state index contributed by atoms with van der Waals surface area (Å²) < 4.78 is 5.27. The summed E-state index contributed by atoms with van der Waals surface area (Å²) in [6.07, 6.45) is 6.43. The zero-order valence-corrected chi connectivity index (χ0v) is 11.5. The van der Waals surface area contributed by atoms with Gasteiger partial charge in [0.1, 0.15) is 0 Å². The minimum Gasteiger partial charge on any atom is -0.479 e. The highest BCUT2D eigenvalue weighted by Crippen LogP contribution is 2.35. The van der Waals surface area contributed by atoms with Crippen LogP contribution in [0.4, 0.5) is 0 Å². The third kappa shape index (κ3) is 2.54. The molecular formula is C14H25NO3. The Hall–Kier alpha value is -0.610. The summed E-state index contributed by atoms with van der Waals surface area (Å²) in [7, 11) is 1.52. The van der Waals surface area contributed by atoms with Crippen molar-refractivity contribution < 1.29 is 14.6 Å². The second-order valence-corrected chi connectivity index (χ2v) is 5.78. The predicted octanol–water partition coefficient (Wildman–Crippen LogP) is 2.13. The molecule has 1 aliphatic heterocycles. The quantitative estimate of drug-likeness (QED) is 0.836. The van der Waals surface area contributed by atoms with Crippen LogP contribution in [0.25, 0.3) is 0 Å². The molecule has 0 aromatic rings. The van der Waals surface area contributed by atoms with Crippen molar-refractivity contribution >= 4 is 5.97 Å². The number of rotatable bonds is 4. The largest absolute Gasteiger partial charge is 0.479 e. The van der Waals surface area contributed by atoms with E-state index in [0.717, 1.165) is 19.0 Å². The van der Waals surface area contributed by atoms with E-state index in [1.54, 1.807) is 0 Å². The summed E-state index contributed by atoms with van der Waals surface area (Å²) in [6.45, 7) is 3.99. The van der Waals surface area contributed by atoms with E-state index in [2.05, 4.69) is 11.8 Å². The molecule has 2 atom stereocenters. The van der Waals surface area contributed by atoms with Gasteiger partial charge in [0.2, 0.25) is 0 Å². The van der Waals surface area contributed by atoms with Crippen LogP contribution in [-0.2, 0) is 9.53 Å². The zero-order chi connectivity index (χ0) is 13.2. The summed E-state index contributed by atoms with van der Waals surface area (Å²) in [5.74, 6) is 0.0751. The van der Waals surface area contributed by atoms with Crippen molar-refractivity contribution in [2.24, 2.45) is 5.92 Å². The molecule has 2 aliphatic rings. The maximum atomic E-state index is 11.3. The highest BCUT2D eigenvalue weighted by molar-refractivity contribution is 5.77. The SMILES string of the molecule is CCC1CCC(N2CCC(OC)(C(=O)O)CC2)C1. The first-order valence-corrected chi connectivity index (χ1v) is 7.14. The normalized spacial score (nSPS) is 32.6. The Balaban J connectivity index is 1.89. The number of hydrogen-bond donors (Lipinski definition) is 1. The molecule has 1 saturated heterocycles. The van der Waals surface area contributed by atoms with Gasteiger partial charge in [0.25, 0.3) is 0 Å². The number of carboxylic acid groups (broad SMARTS) is 1. The molecule has 0 spiro atoms. The lowest BCUT2D eigenvalue weighted by atomic mass is 9.90. The van der Waals surface area contributed by atoms with Crippen LogP contribution in [0.5, 0.6) is 0 Å². The van der Waals surface area contributed by atoms with Gasteiger partial charge in [0.15, 0.2) is 5.60 Å². The monoisotopic (exact) mass is 255 g/mol. The van der Waals surface area contributed by atoms with Gasteiger partial charge in [0, 0.05) is 26.2 Å². The Bertz CT molecular complexity index is 297. The molecule has 1 heterocycles. The van der Waals surface area contributed by atoms with Gasteiger partial charge in [-0.05, 0) is 38.0 Å². The number of carboxylic acids is 1. The molecule has 4 nitrogen and oxygen atoms in total. The highest BCUT2D eigenvalue weighted by Gasteiger charge is 2.43. The summed E-state index contributed by atoms with van der Waals surface area (Å²) >= 11 is 0. The van der Waals surface area contributed by atoms with E-state index in [1.807, 2.05) is 0 Å². The van der Waals surface area contributed by atoms with E-state index >= 15 is 0 Å². The van der Waals surface area contributed by atoms with Gasteiger partial charge >= 0.3 is 5.97 Å². The Kier molecular flexibility index (Phi) is 4.28. The van der Waals surface area contributed by atoms with Gasteiger partial charge in [-0.2, -0.15) is 0 Å². The minimum atomic E-state index is -0.931. The second kappa shape index (κ2) is 5.57. The number of aliphatic carboxylic acids is 1. The fourth-order valence-corrected chi connectivity index (χ4v) is 3.51. The molecule has 0 bridgehead atoms. The molecule has 1 aliphatic carbocycles.